The minimum atomic E-state index is -0.804. The molecule has 0 aliphatic carbocycles. The molecule has 0 spiro atoms. The third-order valence-electron chi connectivity index (χ3n) is 4.81. The maximum atomic E-state index is 11.3. The number of thioether (sulfide) groups is 2. The summed E-state index contributed by atoms with van der Waals surface area (Å²) >= 11 is 6.88. The van der Waals surface area contributed by atoms with Crippen LogP contribution in [0.3, 0.4) is 0 Å². The normalized spacial score (nSPS) is 12.8. The number of aliphatic carboxylic acids is 1. The Morgan fingerprint density at radius 2 is 1.59 bits per heavy atom. The van der Waals surface area contributed by atoms with Gasteiger partial charge in [0.05, 0.1) is 13.2 Å². The van der Waals surface area contributed by atoms with Crippen LogP contribution in [0.5, 0.6) is 0 Å². The number of esters is 1. The summed E-state index contributed by atoms with van der Waals surface area (Å²) in [6.45, 7) is 0. The van der Waals surface area contributed by atoms with E-state index in [1.165, 1.54) is 12.0 Å². The van der Waals surface area contributed by atoms with Crippen LogP contribution in [-0.2, 0) is 14.3 Å². The molecular weight excluding hydrogens is 512 g/mol. The number of aliphatic hydroxyl groups excluding tert-OH is 1. The van der Waals surface area contributed by atoms with Gasteiger partial charge in [0.15, 0.2) is 0 Å². The highest BCUT2D eigenvalue weighted by Crippen LogP contribution is 2.39. The lowest BCUT2D eigenvalue weighted by Crippen LogP contribution is -2.05. The Bertz CT molecular complexity index is 842. The van der Waals surface area contributed by atoms with Gasteiger partial charge in [-0.15, -0.1) is 23.5 Å². The summed E-state index contributed by atoms with van der Waals surface area (Å²) in [6.07, 6.45) is 1.47. The van der Waals surface area contributed by atoms with E-state index in [1.807, 2.05) is 36.0 Å². The number of benzene rings is 2. The fourth-order valence-corrected chi connectivity index (χ4v) is 5.68. The molecule has 2 atom stereocenters. The van der Waals surface area contributed by atoms with E-state index in [4.69, 9.17) is 5.11 Å². The quantitative estimate of drug-likeness (QED) is 0.127. The third-order valence-corrected chi connectivity index (χ3v) is 7.81. The van der Waals surface area contributed by atoms with Crippen molar-refractivity contribution in [2.75, 3.05) is 18.2 Å². The molecule has 0 aliphatic rings. The maximum absolute atomic E-state index is 11.3. The number of hydrogen-bond acceptors (Lipinski definition) is 6. The summed E-state index contributed by atoms with van der Waals surface area (Å²) in [5.41, 5.74) is 1.84. The number of alkyl halides is 1. The van der Waals surface area contributed by atoms with E-state index in [-0.39, 0.29) is 24.1 Å². The van der Waals surface area contributed by atoms with Gasteiger partial charge in [0, 0.05) is 33.2 Å². The molecule has 0 heterocycles. The summed E-state index contributed by atoms with van der Waals surface area (Å²) < 4.78 is 4.61. The Morgan fingerprint density at radius 1 is 0.969 bits per heavy atom. The van der Waals surface area contributed by atoms with Crippen LogP contribution in [0.25, 0.3) is 0 Å². The average molecular weight is 542 g/mol. The van der Waals surface area contributed by atoms with Crippen LogP contribution in [-0.4, -0.2) is 40.3 Å². The molecule has 0 radical (unpaired) electrons. The monoisotopic (exact) mass is 540 g/mol. The summed E-state index contributed by atoms with van der Waals surface area (Å²) in [5, 5.41) is 20.5. The van der Waals surface area contributed by atoms with Crippen molar-refractivity contribution in [3.63, 3.8) is 0 Å². The van der Waals surface area contributed by atoms with E-state index < -0.39 is 12.1 Å². The van der Waals surface area contributed by atoms with Gasteiger partial charge < -0.3 is 14.9 Å². The zero-order valence-electron chi connectivity index (χ0n) is 18.0. The molecule has 2 unspecified atom stereocenters. The number of carboxylic acids is 1. The highest BCUT2D eigenvalue weighted by molar-refractivity contribution is 9.09. The van der Waals surface area contributed by atoms with Crippen LogP contribution in [0.4, 0.5) is 0 Å². The number of carboxylic acid groups (broad SMARTS) is 1. The van der Waals surface area contributed by atoms with Crippen molar-refractivity contribution >= 4 is 51.4 Å². The number of aliphatic hydroxyl groups is 1. The number of halogens is 1. The lowest BCUT2D eigenvalue weighted by molar-refractivity contribution is -0.141. The molecule has 0 bridgehead atoms. The number of methoxy groups -OCH3 is 1. The van der Waals surface area contributed by atoms with Gasteiger partial charge in [-0.05, 0) is 60.4 Å². The zero-order chi connectivity index (χ0) is 23.3. The van der Waals surface area contributed by atoms with Crippen LogP contribution in [0.15, 0.2) is 58.3 Å². The van der Waals surface area contributed by atoms with Crippen molar-refractivity contribution in [1.29, 1.82) is 0 Å². The molecule has 2 N–H and O–H groups in total. The second kappa shape index (κ2) is 14.6. The van der Waals surface area contributed by atoms with Gasteiger partial charge in [0.25, 0.3) is 0 Å². The van der Waals surface area contributed by atoms with E-state index in [2.05, 4.69) is 44.9 Å². The topological polar surface area (TPSA) is 83.8 Å². The molecule has 2 aromatic carbocycles. The fraction of sp³-hybridized carbons (Fsp3) is 0.417. The molecule has 0 aromatic heterocycles. The largest absolute Gasteiger partial charge is 0.481 e. The predicted octanol–water partition coefficient (Wildman–Crippen LogP) is 6.25. The van der Waals surface area contributed by atoms with Crippen LogP contribution in [0.1, 0.15) is 54.6 Å². The summed E-state index contributed by atoms with van der Waals surface area (Å²) in [6, 6.07) is 15.9. The molecule has 5 nitrogen and oxygen atoms in total. The van der Waals surface area contributed by atoms with Gasteiger partial charge in [-0.25, -0.2) is 0 Å². The first kappa shape index (κ1) is 26.8. The summed E-state index contributed by atoms with van der Waals surface area (Å²) in [7, 11) is 1.33. The number of carbonyl (C=O) groups is 2. The SMILES string of the molecule is COC(=O)CCC(O)c1ccc(SC(CCC(=O)O)c2ccc(SCCCBr)cc2)cc1. The predicted molar refractivity (Wildman–Crippen MR) is 134 cm³/mol. The molecule has 174 valence electrons. The lowest BCUT2D eigenvalue weighted by Gasteiger charge is -2.18. The lowest BCUT2D eigenvalue weighted by atomic mass is 10.1. The highest BCUT2D eigenvalue weighted by atomic mass is 79.9. The first-order chi connectivity index (χ1) is 15.4. The zero-order valence-corrected chi connectivity index (χ0v) is 21.3. The highest BCUT2D eigenvalue weighted by Gasteiger charge is 2.16. The Balaban J connectivity index is 2.04. The van der Waals surface area contributed by atoms with Crippen molar-refractivity contribution in [1.82, 2.24) is 0 Å². The summed E-state index contributed by atoms with van der Waals surface area (Å²) in [5.74, 6) is -0.0914. The Hall–Kier alpha value is -1.48. The van der Waals surface area contributed by atoms with Crippen molar-refractivity contribution < 1.29 is 24.5 Å². The standard InChI is InChI=1S/C24H29BrO5S2/c1-30-24(29)14-11-21(26)17-3-9-20(10-4-17)32-22(12-13-23(27)28)18-5-7-19(8-6-18)31-16-2-15-25/h3-10,21-22,26H,2,11-16H2,1H3,(H,27,28). The van der Waals surface area contributed by atoms with Crippen LogP contribution < -0.4 is 0 Å². The number of rotatable bonds is 14. The molecular formula is C24H29BrO5S2. The van der Waals surface area contributed by atoms with Gasteiger partial charge in [-0.1, -0.05) is 40.2 Å². The molecule has 0 fully saturated rings. The van der Waals surface area contributed by atoms with E-state index in [9.17, 15) is 14.7 Å². The Kier molecular flexibility index (Phi) is 12.2. The number of carbonyl (C=O) groups excluding carboxylic acids is 1. The minimum absolute atomic E-state index is 0.0165. The van der Waals surface area contributed by atoms with Gasteiger partial charge in [0.2, 0.25) is 0 Å². The van der Waals surface area contributed by atoms with Crippen molar-refractivity contribution in [2.45, 2.75) is 53.2 Å². The first-order valence-corrected chi connectivity index (χ1v) is 13.4. The van der Waals surface area contributed by atoms with Gasteiger partial charge in [-0.2, -0.15) is 0 Å². The van der Waals surface area contributed by atoms with Gasteiger partial charge >= 0.3 is 11.9 Å². The second-order valence-corrected chi connectivity index (χ2v) is 10.4. The van der Waals surface area contributed by atoms with E-state index in [0.717, 1.165) is 33.5 Å². The molecule has 0 saturated carbocycles. The van der Waals surface area contributed by atoms with Gasteiger partial charge in [-0.3, -0.25) is 9.59 Å². The maximum Gasteiger partial charge on any atom is 0.305 e. The van der Waals surface area contributed by atoms with Crippen LogP contribution in [0.2, 0.25) is 0 Å². The Labute approximate surface area is 206 Å². The second-order valence-electron chi connectivity index (χ2n) is 7.20. The number of ether oxygens (including phenoxy) is 1. The average Bonchev–Trinajstić information content (AvgIpc) is 2.81. The Morgan fingerprint density at radius 3 is 2.19 bits per heavy atom. The smallest absolute Gasteiger partial charge is 0.305 e. The summed E-state index contributed by atoms with van der Waals surface area (Å²) in [4.78, 5) is 24.6. The molecule has 0 saturated heterocycles. The molecule has 2 rings (SSSR count). The van der Waals surface area contributed by atoms with Gasteiger partial charge in [0.1, 0.15) is 0 Å². The molecule has 0 aliphatic heterocycles. The third kappa shape index (κ3) is 9.57. The molecule has 8 heteroatoms. The molecule has 0 amide bonds. The van der Waals surface area contributed by atoms with E-state index in [0.29, 0.717) is 12.8 Å². The van der Waals surface area contributed by atoms with Crippen molar-refractivity contribution in [3.05, 3.63) is 59.7 Å². The van der Waals surface area contributed by atoms with Crippen molar-refractivity contribution in [3.8, 4) is 0 Å². The van der Waals surface area contributed by atoms with E-state index >= 15 is 0 Å². The van der Waals surface area contributed by atoms with E-state index in [1.54, 1.807) is 11.8 Å². The minimum Gasteiger partial charge on any atom is -0.481 e. The van der Waals surface area contributed by atoms with Crippen molar-refractivity contribution in [2.24, 2.45) is 0 Å². The molecule has 32 heavy (non-hydrogen) atoms. The number of hydrogen-bond donors (Lipinski definition) is 2. The first-order valence-electron chi connectivity index (χ1n) is 10.4. The van der Waals surface area contributed by atoms with Crippen LogP contribution >= 0.6 is 39.5 Å². The molecule has 2 aromatic rings. The van der Waals surface area contributed by atoms with Crippen LogP contribution in [0, 0.1) is 0 Å². The fourth-order valence-electron chi connectivity index (χ4n) is 3.03.